The Hall–Kier alpha value is -2.10. The summed E-state index contributed by atoms with van der Waals surface area (Å²) in [4.78, 5) is 4.43. The largest absolute Gasteiger partial charge is 0.386 e. The molecule has 0 fully saturated rings. The van der Waals surface area contributed by atoms with Gasteiger partial charge in [-0.15, -0.1) is 0 Å². The first-order valence-corrected chi connectivity index (χ1v) is 5.70. The molecule has 17 heavy (non-hydrogen) atoms. The summed E-state index contributed by atoms with van der Waals surface area (Å²) in [7, 11) is 0. The third-order valence-electron chi connectivity index (χ3n) is 3.06. The molecule has 0 spiro atoms. The van der Waals surface area contributed by atoms with E-state index in [1.807, 2.05) is 23.3 Å². The minimum Gasteiger partial charge on any atom is -0.386 e. The second-order valence-corrected chi connectivity index (χ2v) is 4.27. The number of nitrogens with zero attached hydrogens (tertiary/aromatic N) is 3. The molecular formula is C13H14N4. The molecule has 0 atom stereocenters. The monoisotopic (exact) mass is 226 g/mol. The lowest BCUT2D eigenvalue weighted by molar-refractivity contribution is 0.926. The van der Waals surface area contributed by atoms with Crippen LogP contribution >= 0.6 is 0 Å². The van der Waals surface area contributed by atoms with Gasteiger partial charge in [-0.1, -0.05) is 18.2 Å². The number of para-hydroxylation sites is 1. The predicted molar refractivity (Wildman–Crippen MR) is 70.1 cm³/mol. The molecule has 3 rings (SSSR count). The molecule has 0 bridgehead atoms. The van der Waals surface area contributed by atoms with Crippen LogP contribution in [0.15, 0.2) is 35.6 Å². The summed E-state index contributed by atoms with van der Waals surface area (Å²) in [6.45, 7) is 2.92. The van der Waals surface area contributed by atoms with Crippen LogP contribution in [0.3, 0.4) is 0 Å². The second-order valence-electron chi connectivity index (χ2n) is 4.27. The molecule has 0 aliphatic carbocycles. The zero-order valence-corrected chi connectivity index (χ0v) is 9.72. The van der Waals surface area contributed by atoms with E-state index >= 15 is 0 Å². The van der Waals surface area contributed by atoms with Crippen LogP contribution < -0.4 is 10.7 Å². The van der Waals surface area contributed by atoms with Gasteiger partial charge in [0.15, 0.2) is 0 Å². The standard InChI is InChI=1S/C13H14N4/c1-9-3-2-4-10-11(5-7-15-13(9)10)17-8-6-12(14)16-17/h2-5,7H,6,8H2,1H3,(H2,14,16). The fraction of sp³-hybridized carbons (Fsp3) is 0.231. The highest BCUT2D eigenvalue weighted by Crippen LogP contribution is 2.28. The third kappa shape index (κ3) is 1.62. The third-order valence-corrected chi connectivity index (χ3v) is 3.06. The van der Waals surface area contributed by atoms with E-state index < -0.39 is 0 Å². The molecule has 1 aliphatic rings. The molecule has 0 saturated carbocycles. The van der Waals surface area contributed by atoms with Crippen LogP contribution in [0.25, 0.3) is 10.9 Å². The Kier molecular flexibility index (Phi) is 2.21. The van der Waals surface area contributed by atoms with E-state index in [0.717, 1.165) is 29.6 Å². The summed E-state index contributed by atoms with van der Waals surface area (Å²) >= 11 is 0. The number of fused-ring (bicyclic) bond motifs is 1. The maximum absolute atomic E-state index is 5.73. The number of amidine groups is 1. The van der Waals surface area contributed by atoms with Gasteiger partial charge >= 0.3 is 0 Å². The van der Waals surface area contributed by atoms with Gasteiger partial charge in [-0.05, 0) is 18.6 Å². The molecule has 1 aromatic heterocycles. The van der Waals surface area contributed by atoms with E-state index in [0.29, 0.717) is 5.84 Å². The average Bonchev–Trinajstić information content (AvgIpc) is 2.76. The number of anilines is 1. The Morgan fingerprint density at radius 3 is 2.94 bits per heavy atom. The van der Waals surface area contributed by atoms with Crippen molar-refractivity contribution in [2.45, 2.75) is 13.3 Å². The summed E-state index contributed by atoms with van der Waals surface area (Å²) in [5, 5.41) is 7.43. The van der Waals surface area contributed by atoms with Gasteiger partial charge < -0.3 is 5.73 Å². The van der Waals surface area contributed by atoms with Crippen molar-refractivity contribution in [3.8, 4) is 0 Å². The number of hydrogen-bond donors (Lipinski definition) is 1. The molecule has 1 aliphatic heterocycles. The number of hydrazone groups is 1. The van der Waals surface area contributed by atoms with Crippen molar-refractivity contribution in [3.05, 3.63) is 36.0 Å². The molecule has 0 amide bonds. The number of benzene rings is 1. The number of aryl methyl sites for hydroxylation is 1. The van der Waals surface area contributed by atoms with Crippen molar-refractivity contribution in [3.63, 3.8) is 0 Å². The van der Waals surface area contributed by atoms with Crippen LogP contribution in [0.2, 0.25) is 0 Å². The lowest BCUT2D eigenvalue weighted by atomic mass is 10.1. The Morgan fingerprint density at radius 2 is 2.18 bits per heavy atom. The summed E-state index contributed by atoms with van der Waals surface area (Å²) in [5.41, 5.74) is 9.03. The van der Waals surface area contributed by atoms with E-state index in [1.165, 1.54) is 5.56 Å². The van der Waals surface area contributed by atoms with E-state index in [9.17, 15) is 0 Å². The molecule has 1 aromatic carbocycles. The summed E-state index contributed by atoms with van der Waals surface area (Å²) < 4.78 is 0. The van der Waals surface area contributed by atoms with E-state index in [1.54, 1.807) is 0 Å². The van der Waals surface area contributed by atoms with Crippen LogP contribution in [-0.4, -0.2) is 17.4 Å². The number of pyridine rings is 1. The first kappa shape index (κ1) is 10.1. The first-order chi connectivity index (χ1) is 8.25. The minimum atomic E-state index is 0.697. The zero-order chi connectivity index (χ0) is 11.8. The maximum atomic E-state index is 5.73. The molecule has 4 heteroatoms. The van der Waals surface area contributed by atoms with Gasteiger partial charge in [-0.3, -0.25) is 9.99 Å². The SMILES string of the molecule is Cc1cccc2c(N3CCC(N)=N3)ccnc12. The van der Waals surface area contributed by atoms with Gasteiger partial charge in [0.25, 0.3) is 0 Å². The van der Waals surface area contributed by atoms with Crippen molar-refractivity contribution in [2.24, 2.45) is 10.8 Å². The van der Waals surface area contributed by atoms with Crippen molar-refractivity contribution in [2.75, 3.05) is 11.6 Å². The van der Waals surface area contributed by atoms with Crippen LogP contribution in [0.4, 0.5) is 5.69 Å². The highest BCUT2D eigenvalue weighted by Gasteiger charge is 2.16. The molecule has 86 valence electrons. The van der Waals surface area contributed by atoms with E-state index in [-0.39, 0.29) is 0 Å². The number of nitrogens with two attached hydrogens (primary N) is 1. The number of aromatic nitrogens is 1. The number of rotatable bonds is 1. The molecule has 0 saturated heterocycles. The quantitative estimate of drug-likeness (QED) is 0.809. The fourth-order valence-corrected chi connectivity index (χ4v) is 2.18. The van der Waals surface area contributed by atoms with Crippen molar-refractivity contribution >= 4 is 22.4 Å². The fourth-order valence-electron chi connectivity index (χ4n) is 2.18. The lowest BCUT2D eigenvalue weighted by Crippen LogP contribution is -2.12. The van der Waals surface area contributed by atoms with Crippen LogP contribution in [0, 0.1) is 6.92 Å². The molecule has 0 radical (unpaired) electrons. The lowest BCUT2D eigenvalue weighted by Gasteiger charge is -2.16. The van der Waals surface area contributed by atoms with Gasteiger partial charge in [-0.2, -0.15) is 5.10 Å². The predicted octanol–water partition coefficient (Wildman–Crippen LogP) is 2.03. The molecular weight excluding hydrogens is 212 g/mol. The molecule has 2 aromatic rings. The van der Waals surface area contributed by atoms with E-state index in [4.69, 9.17) is 5.73 Å². The highest BCUT2D eigenvalue weighted by molar-refractivity contribution is 5.95. The Bertz CT molecular complexity index is 603. The van der Waals surface area contributed by atoms with Crippen LogP contribution in [-0.2, 0) is 0 Å². The van der Waals surface area contributed by atoms with Crippen molar-refractivity contribution in [1.29, 1.82) is 0 Å². The van der Waals surface area contributed by atoms with Gasteiger partial charge in [0, 0.05) is 24.5 Å². The molecule has 2 N–H and O–H groups in total. The first-order valence-electron chi connectivity index (χ1n) is 5.70. The Balaban J connectivity index is 2.20. The van der Waals surface area contributed by atoms with E-state index in [2.05, 4.69) is 29.1 Å². The molecule has 2 heterocycles. The summed E-state index contributed by atoms with van der Waals surface area (Å²) in [6.07, 6.45) is 2.66. The van der Waals surface area contributed by atoms with Gasteiger partial charge in [0.2, 0.25) is 0 Å². The van der Waals surface area contributed by atoms with Crippen molar-refractivity contribution < 1.29 is 0 Å². The van der Waals surface area contributed by atoms with Gasteiger partial charge in [0.1, 0.15) is 5.84 Å². The number of hydrogen-bond acceptors (Lipinski definition) is 4. The van der Waals surface area contributed by atoms with Crippen LogP contribution in [0.5, 0.6) is 0 Å². The minimum absolute atomic E-state index is 0.697. The van der Waals surface area contributed by atoms with Gasteiger partial charge in [0.05, 0.1) is 11.2 Å². The average molecular weight is 226 g/mol. The summed E-state index contributed by atoms with van der Waals surface area (Å²) in [5.74, 6) is 0.697. The normalized spacial score (nSPS) is 15.4. The second kappa shape index (κ2) is 3.73. The zero-order valence-electron chi connectivity index (χ0n) is 9.72. The van der Waals surface area contributed by atoms with Gasteiger partial charge in [-0.25, -0.2) is 0 Å². The Morgan fingerprint density at radius 1 is 1.29 bits per heavy atom. The Labute approximate surface area is 99.8 Å². The maximum Gasteiger partial charge on any atom is 0.122 e. The topological polar surface area (TPSA) is 54.5 Å². The highest BCUT2D eigenvalue weighted by atomic mass is 15.5. The van der Waals surface area contributed by atoms with Crippen molar-refractivity contribution in [1.82, 2.24) is 4.98 Å². The molecule has 0 unspecified atom stereocenters. The summed E-state index contributed by atoms with van der Waals surface area (Å²) in [6, 6.07) is 8.19. The molecule has 4 nitrogen and oxygen atoms in total. The van der Waals surface area contributed by atoms with Crippen LogP contribution in [0.1, 0.15) is 12.0 Å². The smallest absolute Gasteiger partial charge is 0.122 e.